The topological polar surface area (TPSA) is 73.6 Å². The number of hydrogen-bond donors (Lipinski definition) is 2. The molecule has 1 aromatic rings. The van der Waals surface area contributed by atoms with E-state index < -0.39 is 5.54 Å². The highest BCUT2D eigenvalue weighted by atomic mass is 35.5. The van der Waals surface area contributed by atoms with Crippen molar-refractivity contribution in [1.82, 2.24) is 0 Å². The molecule has 124 valence electrons. The van der Waals surface area contributed by atoms with Crippen LogP contribution in [0.3, 0.4) is 0 Å². The van der Waals surface area contributed by atoms with E-state index in [-0.39, 0.29) is 23.9 Å². The van der Waals surface area contributed by atoms with Crippen LogP contribution in [0.25, 0.3) is 0 Å². The van der Waals surface area contributed by atoms with Crippen LogP contribution in [-0.4, -0.2) is 30.3 Å². The molecule has 0 unspecified atom stereocenters. The minimum Gasteiger partial charge on any atom is -0.488 e. The van der Waals surface area contributed by atoms with Gasteiger partial charge in [0.15, 0.2) is 0 Å². The first-order valence-corrected chi connectivity index (χ1v) is 7.26. The third kappa shape index (κ3) is 5.16. The van der Waals surface area contributed by atoms with Crippen molar-refractivity contribution in [2.24, 2.45) is 5.73 Å². The molecule has 6 heteroatoms. The molecular formula is C16H25ClN2O3. The number of anilines is 1. The van der Waals surface area contributed by atoms with E-state index in [2.05, 4.69) is 5.32 Å². The van der Waals surface area contributed by atoms with Crippen molar-refractivity contribution in [3.05, 3.63) is 24.3 Å². The Labute approximate surface area is 138 Å². The largest absolute Gasteiger partial charge is 0.488 e. The first-order chi connectivity index (χ1) is 9.78. The van der Waals surface area contributed by atoms with Crippen molar-refractivity contribution in [3.63, 3.8) is 0 Å². The molecule has 0 bridgehead atoms. The van der Waals surface area contributed by atoms with Gasteiger partial charge >= 0.3 is 0 Å². The number of halogens is 1. The molecule has 1 fully saturated rings. The zero-order chi connectivity index (χ0) is 15.5. The van der Waals surface area contributed by atoms with Crippen LogP contribution in [0.2, 0.25) is 0 Å². The van der Waals surface area contributed by atoms with Gasteiger partial charge in [-0.1, -0.05) is 0 Å². The van der Waals surface area contributed by atoms with Gasteiger partial charge in [-0.2, -0.15) is 0 Å². The third-order valence-corrected chi connectivity index (χ3v) is 3.37. The quantitative estimate of drug-likeness (QED) is 0.894. The molecule has 0 aliphatic carbocycles. The van der Waals surface area contributed by atoms with Crippen molar-refractivity contribution in [3.8, 4) is 5.75 Å². The summed E-state index contributed by atoms with van der Waals surface area (Å²) >= 11 is 0. The summed E-state index contributed by atoms with van der Waals surface area (Å²) in [6.07, 6.45) is 1.09. The Bertz CT molecular complexity index is 491. The lowest BCUT2D eigenvalue weighted by molar-refractivity contribution is -0.124. The summed E-state index contributed by atoms with van der Waals surface area (Å²) in [5, 5.41) is 2.87. The van der Waals surface area contributed by atoms with Crippen LogP contribution in [0.4, 0.5) is 5.69 Å². The van der Waals surface area contributed by atoms with Crippen LogP contribution in [0, 0.1) is 0 Å². The van der Waals surface area contributed by atoms with Crippen LogP contribution in [0.1, 0.15) is 33.6 Å². The van der Waals surface area contributed by atoms with E-state index in [1.54, 1.807) is 0 Å². The van der Waals surface area contributed by atoms with Crippen LogP contribution in [-0.2, 0) is 9.53 Å². The zero-order valence-corrected chi connectivity index (χ0v) is 14.2. The summed E-state index contributed by atoms with van der Waals surface area (Å²) in [6.45, 7) is 7.04. The molecule has 1 heterocycles. The fraction of sp³-hybridized carbons (Fsp3) is 0.562. The van der Waals surface area contributed by atoms with Gasteiger partial charge in [0.1, 0.15) is 16.9 Å². The van der Waals surface area contributed by atoms with E-state index >= 15 is 0 Å². The second kappa shape index (κ2) is 7.31. The number of ether oxygens (including phenoxy) is 2. The van der Waals surface area contributed by atoms with E-state index in [0.29, 0.717) is 26.1 Å². The molecule has 2 rings (SSSR count). The molecule has 0 aromatic heterocycles. The number of carbonyl (C=O) groups is 1. The maximum atomic E-state index is 12.3. The van der Waals surface area contributed by atoms with Crippen LogP contribution < -0.4 is 15.8 Å². The van der Waals surface area contributed by atoms with Gasteiger partial charge < -0.3 is 20.5 Å². The molecule has 1 amide bonds. The Balaban J connectivity index is 0.00000242. The van der Waals surface area contributed by atoms with E-state index in [4.69, 9.17) is 15.2 Å². The number of amides is 1. The van der Waals surface area contributed by atoms with Crippen molar-refractivity contribution >= 4 is 24.0 Å². The molecule has 22 heavy (non-hydrogen) atoms. The van der Waals surface area contributed by atoms with E-state index in [1.807, 2.05) is 45.0 Å². The zero-order valence-electron chi connectivity index (χ0n) is 13.3. The van der Waals surface area contributed by atoms with Gasteiger partial charge in [-0.3, -0.25) is 4.79 Å². The average molecular weight is 329 g/mol. The fourth-order valence-corrected chi connectivity index (χ4v) is 2.18. The van der Waals surface area contributed by atoms with Crippen LogP contribution in [0.15, 0.2) is 24.3 Å². The number of nitrogens with one attached hydrogen (secondary N) is 1. The molecule has 0 atom stereocenters. The Hall–Kier alpha value is -1.30. The number of carbonyl (C=O) groups excluding carboxylic acids is 1. The lowest BCUT2D eigenvalue weighted by atomic mass is 9.90. The van der Waals surface area contributed by atoms with Crippen molar-refractivity contribution < 1.29 is 14.3 Å². The highest BCUT2D eigenvalue weighted by molar-refractivity contribution is 5.98. The summed E-state index contributed by atoms with van der Waals surface area (Å²) in [6, 6.07) is 7.32. The fourth-order valence-electron chi connectivity index (χ4n) is 2.18. The normalized spacial score (nSPS) is 17.3. The molecule has 5 nitrogen and oxygen atoms in total. The second-order valence-electron chi connectivity index (χ2n) is 6.46. The van der Waals surface area contributed by atoms with Crippen LogP contribution >= 0.6 is 12.4 Å². The molecule has 1 saturated heterocycles. The third-order valence-electron chi connectivity index (χ3n) is 3.37. The monoisotopic (exact) mass is 328 g/mol. The highest BCUT2D eigenvalue weighted by Crippen LogP contribution is 2.23. The molecule has 1 aliphatic rings. The summed E-state index contributed by atoms with van der Waals surface area (Å²) in [7, 11) is 0. The van der Waals surface area contributed by atoms with Gasteiger partial charge in [0.2, 0.25) is 5.91 Å². The second-order valence-corrected chi connectivity index (χ2v) is 6.46. The van der Waals surface area contributed by atoms with Crippen molar-refractivity contribution in [2.75, 3.05) is 18.5 Å². The smallest absolute Gasteiger partial charge is 0.244 e. The lowest BCUT2D eigenvalue weighted by Crippen LogP contribution is -2.54. The number of rotatable bonds is 3. The Kier molecular flexibility index (Phi) is 6.23. The van der Waals surface area contributed by atoms with E-state index in [9.17, 15) is 4.79 Å². The predicted octanol–water partition coefficient (Wildman–Crippen LogP) is 2.73. The SMILES string of the molecule is CC(C)(C)Oc1ccc(NC(=O)C2(N)CCOCC2)cc1.Cl. The molecule has 1 aliphatic heterocycles. The summed E-state index contributed by atoms with van der Waals surface area (Å²) in [5.74, 6) is 0.615. The first kappa shape index (κ1) is 18.7. The van der Waals surface area contributed by atoms with Gasteiger partial charge in [-0.05, 0) is 57.9 Å². The molecule has 3 N–H and O–H groups in total. The summed E-state index contributed by atoms with van der Waals surface area (Å²) in [4.78, 5) is 12.3. The van der Waals surface area contributed by atoms with E-state index in [0.717, 1.165) is 11.4 Å². The molecular weight excluding hydrogens is 304 g/mol. The summed E-state index contributed by atoms with van der Waals surface area (Å²) < 4.78 is 11.0. The van der Waals surface area contributed by atoms with Gasteiger partial charge in [0, 0.05) is 18.9 Å². The lowest BCUT2D eigenvalue weighted by Gasteiger charge is -2.31. The average Bonchev–Trinajstić information content (AvgIpc) is 2.40. The van der Waals surface area contributed by atoms with Gasteiger partial charge in [-0.25, -0.2) is 0 Å². The Morgan fingerprint density at radius 3 is 2.27 bits per heavy atom. The minimum absolute atomic E-state index is 0. The molecule has 1 aromatic carbocycles. The maximum Gasteiger partial charge on any atom is 0.244 e. The first-order valence-electron chi connectivity index (χ1n) is 7.26. The number of nitrogens with two attached hydrogens (primary N) is 1. The van der Waals surface area contributed by atoms with Gasteiger partial charge in [0.05, 0.1) is 0 Å². The van der Waals surface area contributed by atoms with Crippen molar-refractivity contribution in [1.29, 1.82) is 0 Å². The number of benzene rings is 1. The Morgan fingerprint density at radius 2 is 1.77 bits per heavy atom. The highest BCUT2D eigenvalue weighted by Gasteiger charge is 2.35. The van der Waals surface area contributed by atoms with Crippen LogP contribution in [0.5, 0.6) is 5.75 Å². The van der Waals surface area contributed by atoms with Gasteiger partial charge in [-0.15, -0.1) is 12.4 Å². The van der Waals surface area contributed by atoms with Gasteiger partial charge in [0.25, 0.3) is 0 Å². The van der Waals surface area contributed by atoms with Crippen molar-refractivity contribution in [2.45, 2.75) is 44.8 Å². The molecule has 0 saturated carbocycles. The molecule has 0 radical (unpaired) electrons. The molecule has 0 spiro atoms. The maximum absolute atomic E-state index is 12.3. The Morgan fingerprint density at radius 1 is 1.23 bits per heavy atom. The standard InChI is InChI=1S/C16H24N2O3.ClH/c1-15(2,3)21-13-6-4-12(5-7-13)18-14(19)16(17)8-10-20-11-9-16;/h4-7H,8-11,17H2,1-3H3,(H,18,19);1H. The summed E-state index contributed by atoms with van der Waals surface area (Å²) in [5.41, 5.74) is 5.79. The number of hydrogen-bond acceptors (Lipinski definition) is 4. The predicted molar refractivity (Wildman–Crippen MR) is 89.7 cm³/mol. The van der Waals surface area contributed by atoms with E-state index in [1.165, 1.54) is 0 Å². The minimum atomic E-state index is -0.834.